The molecular formula is C14H18ClN3O3. The molecular weight excluding hydrogens is 294 g/mol. The molecule has 1 aliphatic rings. The summed E-state index contributed by atoms with van der Waals surface area (Å²) in [7, 11) is 1.62. The van der Waals surface area contributed by atoms with Gasteiger partial charge in [-0.3, -0.25) is 4.79 Å². The number of hydrogen-bond acceptors (Lipinski definition) is 4. The first kappa shape index (κ1) is 15.6. The van der Waals surface area contributed by atoms with Gasteiger partial charge in [0.05, 0.1) is 17.7 Å². The molecule has 0 aliphatic heterocycles. The second kappa shape index (κ2) is 6.32. The number of ether oxygens (including phenoxy) is 1. The third kappa shape index (κ3) is 3.46. The summed E-state index contributed by atoms with van der Waals surface area (Å²) in [5, 5.41) is 14.9. The number of amidine groups is 1. The molecule has 1 saturated carbocycles. The van der Waals surface area contributed by atoms with Gasteiger partial charge in [0.1, 0.15) is 0 Å². The maximum absolute atomic E-state index is 12.2. The zero-order valence-electron chi connectivity index (χ0n) is 11.7. The standard InChI is InChI=1S/C14H18ClN3O3/c1-21-14(5-2-6-14)8-12(19)17-11-7-9(15)3-4-10(11)13(16)18-20/h3-4,7,20H,2,5-6,8H2,1H3,(H2,16,18)(H,17,19). The van der Waals surface area contributed by atoms with Crippen molar-refractivity contribution in [3.05, 3.63) is 28.8 Å². The minimum atomic E-state index is -0.362. The zero-order chi connectivity index (χ0) is 15.5. The third-order valence-corrected chi connectivity index (χ3v) is 4.06. The van der Waals surface area contributed by atoms with Gasteiger partial charge in [-0.05, 0) is 37.5 Å². The normalized spacial score (nSPS) is 17.1. The minimum Gasteiger partial charge on any atom is -0.409 e. The summed E-state index contributed by atoms with van der Waals surface area (Å²) in [4.78, 5) is 12.2. The minimum absolute atomic E-state index is 0.0907. The van der Waals surface area contributed by atoms with E-state index in [1.165, 1.54) is 0 Å². The molecule has 21 heavy (non-hydrogen) atoms. The van der Waals surface area contributed by atoms with Crippen molar-refractivity contribution in [2.45, 2.75) is 31.3 Å². The van der Waals surface area contributed by atoms with Gasteiger partial charge in [0.2, 0.25) is 5.91 Å². The van der Waals surface area contributed by atoms with Crippen LogP contribution in [0.25, 0.3) is 0 Å². The van der Waals surface area contributed by atoms with Crippen molar-refractivity contribution in [2.24, 2.45) is 10.9 Å². The monoisotopic (exact) mass is 311 g/mol. The molecule has 1 aliphatic carbocycles. The fourth-order valence-electron chi connectivity index (χ4n) is 2.41. The third-order valence-electron chi connectivity index (χ3n) is 3.82. The Morgan fingerprint density at radius 2 is 2.29 bits per heavy atom. The Morgan fingerprint density at radius 3 is 2.81 bits per heavy atom. The van der Waals surface area contributed by atoms with Gasteiger partial charge in [-0.2, -0.15) is 0 Å². The van der Waals surface area contributed by atoms with Crippen LogP contribution in [0.4, 0.5) is 5.69 Å². The molecule has 1 amide bonds. The first-order valence-corrected chi connectivity index (χ1v) is 7.00. The maximum Gasteiger partial charge on any atom is 0.227 e. The summed E-state index contributed by atoms with van der Waals surface area (Å²) in [5.74, 6) is -0.280. The number of anilines is 1. The van der Waals surface area contributed by atoms with E-state index < -0.39 is 0 Å². The Kier molecular flexibility index (Phi) is 4.69. The van der Waals surface area contributed by atoms with E-state index in [1.807, 2.05) is 0 Å². The molecule has 6 nitrogen and oxygen atoms in total. The van der Waals surface area contributed by atoms with Crippen LogP contribution in [-0.2, 0) is 9.53 Å². The Balaban J connectivity index is 2.15. The van der Waals surface area contributed by atoms with Crippen LogP contribution in [0.15, 0.2) is 23.4 Å². The van der Waals surface area contributed by atoms with Crippen LogP contribution >= 0.6 is 11.6 Å². The summed E-state index contributed by atoms with van der Waals surface area (Å²) in [6, 6.07) is 4.75. The van der Waals surface area contributed by atoms with Gasteiger partial charge in [0.15, 0.2) is 5.84 Å². The van der Waals surface area contributed by atoms with Crippen LogP contribution in [0.3, 0.4) is 0 Å². The largest absolute Gasteiger partial charge is 0.409 e. The number of methoxy groups -OCH3 is 1. The van der Waals surface area contributed by atoms with Crippen molar-refractivity contribution >= 4 is 29.0 Å². The second-order valence-corrected chi connectivity index (χ2v) is 5.58. The molecule has 114 valence electrons. The molecule has 2 rings (SSSR count). The van der Waals surface area contributed by atoms with Gasteiger partial charge in [-0.15, -0.1) is 0 Å². The number of nitrogens with zero attached hydrogens (tertiary/aromatic N) is 1. The molecule has 1 aromatic carbocycles. The van der Waals surface area contributed by atoms with Crippen LogP contribution in [0, 0.1) is 0 Å². The number of nitrogens with one attached hydrogen (secondary N) is 1. The lowest BCUT2D eigenvalue weighted by Crippen LogP contribution is -2.42. The van der Waals surface area contributed by atoms with Crippen molar-refractivity contribution in [1.82, 2.24) is 0 Å². The molecule has 0 aromatic heterocycles. The highest BCUT2D eigenvalue weighted by Crippen LogP contribution is 2.38. The van der Waals surface area contributed by atoms with E-state index in [0.717, 1.165) is 19.3 Å². The van der Waals surface area contributed by atoms with Gasteiger partial charge in [0.25, 0.3) is 0 Å². The predicted molar refractivity (Wildman–Crippen MR) is 80.8 cm³/mol. The number of nitrogens with two attached hydrogens (primary N) is 1. The van der Waals surface area contributed by atoms with Crippen molar-refractivity contribution in [3.63, 3.8) is 0 Å². The lowest BCUT2D eigenvalue weighted by Gasteiger charge is -2.39. The summed E-state index contributed by atoms with van der Waals surface area (Å²) in [6.45, 7) is 0. The van der Waals surface area contributed by atoms with Crippen LogP contribution in [0.5, 0.6) is 0 Å². The van der Waals surface area contributed by atoms with Gasteiger partial charge in [0, 0.05) is 17.7 Å². The zero-order valence-corrected chi connectivity index (χ0v) is 12.5. The summed E-state index contributed by atoms with van der Waals surface area (Å²) >= 11 is 5.93. The Labute approximate surface area is 127 Å². The van der Waals surface area contributed by atoms with Gasteiger partial charge in [-0.1, -0.05) is 16.8 Å². The van der Waals surface area contributed by atoms with Gasteiger partial charge < -0.3 is 21.0 Å². The second-order valence-electron chi connectivity index (χ2n) is 5.14. The average Bonchev–Trinajstić information content (AvgIpc) is 2.42. The Hall–Kier alpha value is -1.79. The summed E-state index contributed by atoms with van der Waals surface area (Å²) in [5.41, 5.74) is 6.05. The molecule has 0 spiro atoms. The smallest absolute Gasteiger partial charge is 0.227 e. The van der Waals surface area contributed by atoms with Crippen LogP contribution in [0.2, 0.25) is 5.02 Å². The summed E-state index contributed by atoms with van der Waals surface area (Å²) < 4.78 is 5.43. The molecule has 0 radical (unpaired) electrons. The lowest BCUT2D eigenvalue weighted by atomic mass is 9.77. The number of rotatable bonds is 5. The van der Waals surface area contributed by atoms with E-state index >= 15 is 0 Å². The number of benzene rings is 1. The molecule has 0 saturated heterocycles. The number of oxime groups is 1. The predicted octanol–water partition coefficient (Wildman–Crippen LogP) is 2.33. The fourth-order valence-corrected chi connectivity index (χ4v) is 2.58. The van der Waals surface area contributed by atoms with E-state index in [2.05, 4.69) is 10.5 Å². The van der Waals surface area contributed by atoms with E-state index in [-0.39, 0.29) is 23.8 Å². The van der Waals surface area contributed by atoms with Gasteiger partial charge in [-0.25, -0.2) is 0 Å². The van der Waals surface area contributed by atoms with E-state index in [9.17, 15) is 4.79 Å². The van der Waals surface area contributed by atoms with Crippen LogP contribution in [0.1, 0.15) is 31.2 Å². The molecule has 0 unspecified atom stereocenters. The molecule has 1 aromatic rings. The Morgan fingerprint density at radius 1 is 1.57 bits per heavy atom. The highest BCUT2D eigenvalue weighted by atomic mass is 35.5. The van der Waals surface area contributed by atoms with E-state index in [1.54, 1.807) is 25.3 Å². The quantitative estimate of drug-likeness (QED) is 0.336. The fraction of sp³-hybridized carbons (Fsp3) is 0.429. The SMILES string of the molecule is COC1(CC(=O)Nc2cc(Cl)ccc2/C(N)=N/O)CCC1. The topological polar surface area (TPSA) is 96.9 Å². The molecule has 1 fully saturated rings. The highest BCUT2D eigenvalue weighted by Gasteiger charge is 2.39. The first-order chi connectivity index (χ1) is 9.99. The van der Waals surface area contributed by atoms with Gasteiger partial charge >= 0.3 is 0 Å². The first-order valence-electron chi connectivity index (χ1n) is 6.62. The summed E-state index contributed by atoms with van der Waals surface area (Å²) in [6.07, 6.45) is 3.08. The Bertz CT molecular complexity index is 565. The van der Waals surface area contributed by atoms with Crippen LogP contribution in [-0.4, -0.2) is 29.7 Å². The van der Waals surface area contributed by atoms with E-state index in [4.69, 9.17) is 27.3 Å². The number of carbonyl (C=O) groups is 1. The molecule has 0 heterocycles. The number of halogens is 1. The van der Waals surface area contributed by atoms with Crippen molar-refractivity contribution in [1.29, 1.82) is 0 Å². The van der Waals surface area contributed by atoms with Crippen molar-refractivity contribution in [2.75, 3.05) is 12.4 Å². The average molecular weight is 312 g/mol. The van der Waals surface area contributed by atoms with Crippen LogP contribution < -0.4 is 11.1 Å². The molecule has 0 atom stereocenters. The van der Waals surface area contributed by atoms with E-state index in [0.29, 0.717) is 16.3 Å². The molecule has 7 heteroatoms. The number of amides is 1. The number of hydrogen-bond donors (Lipinski definition) is 3. The lowest BCUT2D eigenvalue weighted by molar-refractivity contribution is -0.129. The highest BCUT2D eigenvalue weighted by molar-refractivity contribution is 6.31. The maximum atomic E-state index is 12.2. The molecule has 0 bridgehead atoms. The number of carbonyl (C=O) groups excluding carboxylic acids is 1. The van der Waals surface area contributed by atoms with Crippen molar-refractivity contribution in [3.8, 4) is 0 Å². The van der Waals surface area contributed by atoms with Crippen molar-refractivity contribution < 1.29 is 14.7 Å². The molecule has 4 N–H and O–H groups in total.